The van der Waals surface area contributed by atoms with Crippen molar-refractivity contribution in [3.63, 3.8) is 0 Å². The van der Waals surface area contributed by atoms with Crippen LogP contribution >= 0.6 is 11.3 Å². The monoisotopic (exact) mass is 332 g/mol. The van der Waals surface area contributed by atoms with Gasteiger partial charge in [-0.2, -0.15) is 0 Å². The summed E-state index contributed by atoms with van der Waals surface area (Å²) in [5, 5.41) is 18.2. The third-order valence-electron chi connectivity index (χ3n) is 2.89. The first kappa shape index (κ1) is 18.6. The largest absolute Gasteiger partial charge is 0.481 e. The first-order valence-corrected chi connectivity index (χ1v) is 8.11. The fraction of sp³-hybridized carbons (Fsp3) is 0.222. The minimum atomic E-state index is -0.745. The lowest BCUT2D eigenvalue weighted by atomic mass is 10.2. The Labute approximate surface area is 139 Å². The molecule has 0 amide bonds. The van der Waals surface area contributed by atoms with Gasteiger partial charge < -0.3 is 10.2 Å². The van der Waals surface area contributed by atoms with Crippen LogP contribution in [0, 0.1) is 0 Å². The van der Waals surface area contributed by atoms with Crippen molar-refractivity contribution in [2.45, 2.75) is 26.7 Å². The first-order valence-electron chi connectivity index (χ1n) is 7.29. The molecule has 1 aromatic heterocycles. The normalized spacial score (nSPS) is 9.48. The molecule has 3 rings (SSSR count). The van der Waals surface area contributed by atoms with Crippen molar-refractivity contribution in [2.75, 3.05) is 0 Å². The van der Waals surface area contributed by atoms with Crippen LogP contribution < -0.4 is 0 Å². The molecule has 4 nitrogen and oxygen atoms in total. The molecule has 0 unspecified atom stereocenters. The molecule has 122 valence electrons. The van der Waals surface area contributed by atoms with Crippen molar-refractivity contribution >= 4 is 43.4 Å². The average molecular weight is 332 g/mol. The molecule has 2 N–H and O–H groups in total. The fourth-order valence-electron chi connectivity index (χ4n) is 1.67. The van der Waals surface area contributed by atoms with Gasteiger partial charge in [0.2, 0.25) is 0 Å². The lowest BCUT2D eigenvalue weighted by Crippen LogP contribution is -1.86. The van der Waals surface area contributed by atoms with E-state index in [0.717, 1.165) is 0 Å². The molecule has 0 saturated carbocycles. The maximum atomic E-state index is 9.37. The van der Waals surface area contributed by atoms with E-state index in [4.69, 9.17) is 10.2 Å². The Morgan fingerprint density at radius 3 is 1.39 bits per heavy atom. The van der Waals surface area contributed by atoms with Crippen LogP contribution in [0.2, 0.25) is 0 Å². The summed E-state index contributed by atoms with van der Waals surface area (Å²) in [7, 11) is 0. The van der Waals surface area contributed by atoms with Gasteiger partial charge in [-0.3, -0.25) is 9.59 Å². The van der Waals surface area contributed by atoms with E-state index in [2.05, 4.69) is 48.5 Å². The van der Waals surface area contributed by atoms with E-state index in [-0.39, 0.29) is 12.8 Å². The lowest BCUT2D eigenvalue weighted by molar-refractivity contribution is -0.137. The summed E-state index contributed by atoms with van der Waals surface area (Å²) in [5.74, 6) is -1.49. The van der Waals surface area contributed by atoms with Gasteiger partial charge in [-0.25, -0.2) is 0 Å². The van der Waals surface area contributed by atoms with Gasteiger partial charge in [0.25, 0.3) is 0 Å². The maximum absolute atomic E-state index is 9.37. The number of carboxylic acid groups (broad SMARTS) is 2. The molecule has 5 heteroatoms. The molecule has 0 bridgehead atoms. The summed E-state index contributed by atoms with van der Waals surface area (Å²) in [6.07, 6.45) is 0.444. The summed E-state index contributed by atoms with van der Waals surface area (Å²) in [5.41, 5.74) is 0. The van der Waals surface area contributed by atoms with Crippen molar-refractivity contribution in [2.24, 2.45) is 0 Å². The highest BCUT2D eigenvalue weighted by Crippen LogP contribution is 2.32. The summed E-state index contributed by atoms with van der Waals surface area (Å²) < 4.78 is 2.76. The maximum Gasteiger partial charge on any atom is 0.303 e. The van der Waals surface area contributed by atoms with Crippen molar-refractivity contribution in [1.29, 1.82) is 0 Å². The van der Waals surface area contributed by atoms with Gasteiger partial charge in [0.1, 0.15) is 0 Å². The van der Waals surface area contributed by atoms with Crippen molar-refractivity contribution in [1.82, 2.24) is 0 Å². The van der Waals surface area contributed by atoms with E-state index < -0.39 is 11.9 Å². The van der Waals surface area contributed by atoms with Gasteiger partial charge in [0, 0.05) is 33.0 Å². The predicted octanol–water partition coefficient (Wildman–Crippen LogP) is 5.02. The molecule has 0 radical (unpaired) electrons. The number of rotatable bonds is 2. The van der Waals surface area contributed by atoms with E-state index in [1.54, 1.807) is 13.8 Å². The van der Waals surface area contributed by atoms with Crippen LogP contribution in [0.3, 0.4) is 0 Å². The minimum Gasteiger partial charge on any atom is -0.481 e. The van der Waals surface area contributed by atoms with Crippen LogP contribution in [0.25, 0.3) is 20.2 Å². The Balaban J connectivity index is 0.000000224. The second-order valence-corrected chi connectivity index (χ2v) is 5.67. The van der Waals surface area contributed by atoms with Crippen LogP contribution in [-0.2, 0) is 9.59 Å². The third-order valence-corrected chi connectivity index (χ3v) is 4.04. The highest BCUT2D eigenvalue weighted by Gasteiger charge is 2.01. The molecular formula is C18H20O4S. The zero-order chi connectivity index (χ0) is 17.2. The van der Waals surface area contributed by atoms with Crippen LogP contribution in [0.5, 0.6) is 0 Å². The Morgan fingerprint density at radius 1 is 0.783 bits per heavy atom. The van der Waals surface area contributed by atoms with E-state index in [1.807, 2.05) is 11.3 Å². The molecule has 2 aromatic carbocycles. The van der Waals surface area contributed by atoms with Gasteiger partial charge in [0.05, 0.1) is 0 Å². The Morgan fingerprint density at radius 2 is 1.09 bits per heavy atom. The lowest BCUT2D eigenvalue weighted by Gasteiger charge is -1.88. The third kappa shape index (κ3) is 6.08. The highest BCUT2D eigenvalue weighted by molar-refractivity contribution is 7.25. The number of carboxylic acids is 2. The SMILES string of the molecule is CCC(=O)O.CCC(=O)O.c1ccc2c(c1)sc1ccccc12. The topological polar surface area (TPSA) is 74.6 Å². The molecule has 0 spiro atoms. The van der Waals surface area contributed by atoms with Gasteiger partial charge in [-0.05, 0) is 12.1 Å². The summed E-state index contributed by atoms with van der Waals surface area (Å²) in [6, 6.07) is 17.1. The number of aliphatic carboxylic acids is 2. The van der Waals surface area contributed by atoms with Crippen LogP contribution in [-0.4, -0.2) is 22.2 Å². The summed E-state index contributed by atoms with van der Waals surface area (Å²) in [4.78, 5) is 18.7. The number of hydrogen-bond donors (Lipinski definition) is 2. The fourth-order valence-corrected chi connectivity index (χ4v) is 2.78. The molecule has 0 saturated heterocycles. The summed E-state index contributed by atoms with van der Waals surface area (Å²) in [6.45, 7) is 3.20. The first-order chi connectivity index (χ1) is 11.0. The number of carbonyl (C=O) groups is 2. The highest BCUT2D eigenvalue weighted by atomic mass is 32.1. The Hall–Kier alpha value is -2.40. The zero-order valence-electron chi connectivity index (χ0n) is 13.2. The molecular weight excluding hydrogens is 312 g/mol. The van der Waals surface area contributed by atoms with E-state index in [1.165, 1.54) is 20.2 Å². The number of fused-ring (bicyclic) bond motifs is 3. The molecule has 0 aliphatic carbocycles. The molecule has 1 heterocycles. The molecule has 0 atom stereocenters. The zero-order valence-corrected chi connectivity index (χ0v) is 14.0. The van der Waals surface area contributed by atoms with Gasteiger partial charge >= 0.3 is 11.9 Å². The number of hydrogen-bond acceptors (Lipinski definition) is 3. The van der Waals surface area contributed by atoms with Gasteiger partial charge in [-0.15, -0.1) is 11.3 Å². The standard InChI is InChI=1S/C12H8S.2C3H6O2/c1-3-7-11-9(5-1)10-6-2-4-8-12(10)13-11;2*1-2-3(4)5/h1-8H;2*2H2,1H3,(H,4,5). The smallest absolute Gasteiger partial charge is 0.303 e. The minimum absolute atomic E-state index is 0.222. The van der Waals surface area contributed by atoms with Crippen LogP contribution in [0.15, 0.2) is 48.5 Å². The van der Waals surface area contributed by atoms with Crippen molar-refractivity contribution in [3.05, 3.63) is 48.5 Å². The Kier molecular flexibility index (Phi) is 7.77. The molecule has 0 fully saturated rings. The van der Waals surface area contributed by atoms with E-state index in [9.17, 15) is 9.59 Å². The van der Waals surface area contributed by atoms with Crippen LogP contribution in [0.1, 0.15) is 26.7 Å². The Bertz CT molecular complexity index is 712. The van der Waals surface area contributed by atoms with Crippen LogP contribution in [0.4, 0.5) is 0 Å². The molecule has 0 aliphatic heterocycles. The van der Waals surface area contributed by atoms with Gasteiger partial charge in [0.15, 0.2) is 0 Å². The van der Waals surface area contributed by atoms with E-state index in [0.29, 0.717) is 0 Å². The molecule has 0 aliphatic rings. The second kappa shape index (κ2) is 9.58. The predicted molar refractivity (Wildman–Crippen MR) is 95.2 cm³/mol. The van der Waals surface area contributed by atoms with Crippen molar-refractivity contribution < 1.29 is 19.8 Å². The molecule has 23 heavy (non-hydrogen) atoms. The number of thiophene rings is 1. The number of benzene rings is 2. The summed E-state index contributed by atoms with van der Waals surface area (Å²) >= 11 is 1.86. The van der Waals surface area contributed by atoms with Gasteiger partial charge in [-0.1, -0.05) is 50.2 Å². The van der Waals surface area contributed by atoms with Crippen molar-refractivity contribution in [3.8, 4) is 0 Å². The molecule has 3 aromatic rings. The quantitative estimate of drug-likeness (QED) is 0.691. The second-order valence-electron chi connectivity index (χ2n) is 4.59. The van der Waals surface area contributed by atoms with E-state index >= 15 is 0 Å². The average Bonchev–Trinajstić information content (AvgIpc) is 2.94.